The quantitative estimate of drug-likeness (QED) is 0.423. The van der Waals surface area contributed by atoms with Crippen LogP contribution in [0.25, 0.3) is 0 Å². The predicted molar refractivity (Wildman–Crippen MR) is 44.8 cm³/mol. The van der Waals surface area contributed by atoms with Gasteiger partial charge in [-0.3, -0.25) is 0 Å². The van der Waals surface area contributed by atoms with Crippen molar-refractivity contribution < 1.29 is 0 Å². The summed E-state index contributed by atoms with van der Waals surface area (Å²) < 4.78 is 1.16. The van der Waals surface area contributed by atoms with Crippen LogP contribution in [0, 0.1) is 0 Å². The van der Waals surface area contributed by atoms with Crippen molar-refractivity contribution in [1.82, 2.24) is 5.32 Å². The highest BCUT2D eigenvalue weighted by Crippen LogP contribution is 1.85. The molecule has 2 nitrogen and oxygen atoms in total. The summed E-state index contributed by atoms with van der Waals surface area (Å²) in [5.74, 6) is 0.565. The Kier molecular flexibility index (Phi) is 5.26. The van der Waals surface area contributed by atoms with Crippen LogP contribution in [-0.4, -0.2) is 11.0 Å². The minimum absolute atomic E-state index is 0.565. The summed E-state index contributed by atoms with van der Waals surface area (Å²) in [6, 6.07) is 0. The van der Waals surface area contributed by atoms with Gasteiger partial charge in [0.15, 0.2) is 0 Å². The fourth-order valence-electron chi connectivity index (χ4n) is 0.316. The molecular formula is C5H11IN2. The van der Waals surface area contributed by atoms with Crippen molar-refractivity contribution in [3.8, 4) is 0 Å². The Morgan fingerprint density at radius 2 is 2.38 bits per heavy atom. The maximum atomic E-state index is 5.23. The number of hydrogen-bond donors (Lipinski definition) is 2. The molecule has 0 aromatic heterocycles. The van der Waals surface area contributed by atoms with Gasteiger partial charge in [0.05, 0.1) is 5.82 Å². The van der Waals surface area contributed by atoms with Crippen LogP contribution >= 0.6 is 22.6 Å². The lowest BCUT2D eigenvalue weighted by Gasteiger charge is -2.00. The highest BCUT2D eigenvalue weighted by molar-refractivity contribution is 14.1. The Morgan fingerprint density at radius 3 is 2.75 bits per heavy atom. The van der Waals surface area contributed by atoms with E-state index in [2.05, 4.69) is 34.5 Å². The number of nitrogens with one attached hydrogen (secondary N) is 1. The molecule has 0 saturated heterocycles. The smallest absolute Gasteiger partial charge is 0.0885 e. The van der Waals surface area contributed by atoms with E-state index in [0.29, 0.717) is 5.82 Å². The minimum atomic E-state index is 0.565. The van der Waals surface area contributed by atoms with Gasteiger partial charge in [0.1, 0.15) is 0 Å². The molecule has 0 rings (SSSR count). The SMILES string of the molecule is C=C(N)NCCCI. The fourth-order valence-corrected chi connectivity index (χ4v) is 0.697. The molecule has 0 aromatic carbocycles. The molecular weight excluding hydrogens is 215 g/mol. The van der Waals surface area contributed by atoms with Gasteiger partial charge in [0.25, 0.3) is 0 Å². The van der Waals surface area contributed by atoms with Gasteiger partial charge in [-0.15, -0.1) is 0 Å². The number of rotatable bonds is 4. The Labute approximate surface area is 63.7 Å². The molecule has 0 bridgehead atoms. The van der Waals surface area contributed by atoms with Gasteiger partial charge < -0.3 is 11.1 Å². The van der Waals surface area contributed by atoms with Crippen LogP contribution in [0.2, 0.25) is 0 Å². The molecule has 3 N–H and O–H groups in total. The van der Waals surface area contributed by atoms with E-state index < -0.39 is 0 Å². The summed E-state index contributed by atoms with van der Waals surface area (Å²) in [4.78, 5) is 0. The van der Waals surface area contributed by atoms with Crippen molar-refractivity contribution in [2.75, 3.05) is 11.0 Å². The molecule has 0 saturated carbocycles. The van der Waals surface area contributed by atoms with E-state index in [1.54, 1.807) is 0 Å². The molecule has 0 spiro atoms. The summed E-state index contributed by atoms with van der Waals surface area (Å²) in [6.07, 6.45) is 1.15. The number of nitrogens with two attached hydrogens (primary N) is 1. The van der Waals surface area contributed by atoms with E-state index >= 15 is 0 Å². The van der Waals surface area contributed by atoms with Crippen LogP contribution in [0.1, 0.15) is 6.42 Å². The van der Waals surface area contributed by atoms with Crippen molar-refractivity contribution in [2.45, 2.75) is 6.42 Å². The van der Waals surface area contributed by atoms with E-state index in [4.69, 9.17) is 5.73 Å². The van der Waals surface area contributed by atoms with Crippen molar-refractivity contribution in [3.05, 3.63) is 12.4 Å². The molecule has 0 heterocycles. The van der Waals surface area contributed by atoms with Gasteiger partial charge in [-0.25, -0.2) is 0 Å². The second-order valence-electron chi connectivity index (χ2n) is 1.49. The topological polar surface area (TPSA) is 38.0 Å². The van der Waals surface area contributed by atoms with E-state index in [9.17, 15) is 0 Å². The molecule has 0 radical (unpaired) electrons. The van der Waals surface area contributed by atoms with Crippen molar-refractivity contribution >= 4 is 22.6 Å². The predicted octanol–water partition coefficient (Wildman–Crippen LogP) is 0.831. The molecule has 8 heavy (non-hydrogen) atoms. The zero-order chi connectivity index (χ0) is 6.41. The first-order valence-corrected chi connectivity index (χ1v) is 4.04. The Morgan fingerprint density at radius 1 is 1.75 bits per heavy atom. The second-order valence-corrected chi connectivity index (χ2v) is 2.57. The lowest BCUT2D eigenvalue weighted by Crippen LogP contribution is -2.19. The second kappa shape index (κ2) is 5.21. The maximum absolute atomic E-state index is 5.23. The zero-order valence-corrected chi connectivity index (χ0v) is 6.94. The van der Waals surface area contributed by atoms with E-state index in [1.165, 1.54) is 0 Å². The third kappa shape index (κ3) is 6.07. The molecule has 0 aliphatic heterocycles. The average Bonchev–Trinajstić information content (AvgIpc) is 1.66. The van der Waals surface area contributed by atoms with Crippen LogP contribution in [0.15, 0.2) is 12.4 Å². The Hall–Kier alpha value is 0.0700. The highest BCUT2D eigenvalue weighted by atomic mass is 127. The van der Waals surface area contributed by atoms with Crippen LogP contribution in [0.3, 0.4) is 0 Å². The molecule has 0 aliphatic carbocycles. The van der Waals surface area contributed by atoms with Gasteiger partial charge in [0.2, 0.25) is 0 Å². The minimum Gasteiger partial charge on any atom is -0.386 e. The molecule has 0 aromatic rings. The summed E-state index contributed by atoms with van der Waals surface area (Å²) in [6.45, 7) is 4.43. The monoisotopic (exact) mass is 226 g/mol. The van der Waals surface area contributed by atoms with Crippen LogP contribution in [-0.2, 0) is 0 Å². The lowest BCUT2D eigenvalue weighted by molar-refractivity contribution is 0.774. The summed E-state index contributed by atoms with van der Waals surface area (Å²) in [5, 5.41) is 2.92. The van der Waals surface area contributed by atoms with Crippen molar-refractivity contribution in [1.29, 1.82) is 0 Å². The first kappa shape index (κ1) is 8.07. The molecule has 0 fully saturated rings. The molecule has 0 amide bonds. The largest absolute Gasteiger partial charge is 0.386 e. The van der Waals surface area contributed by atoms with E-state index in [0.717, 1.165) is 17.4 Å². The third-order valence-corrected chi connectivity index (χ3v) is 1.43. The number of alkyl halides is 1. The van der Waals surface area contributed by atoms with Gasteiger partial charge in [-0.2, -0.15) is 0 Å². The van der Waals surface area contributed by atoms with Gasteiger partial charge in [0, 0.05) is 11.0 Å². The lowest BCUT2D eigenvalue weighted by atomic mass is 10.5. The zero-order valence-electron chi connectivity index (χ0n) is 4.78. The Bertz CT molecular complexity index is 72.8. The summed E-state index contributed by atoms with van der Waals surface area (Å²) >= 11 is 2.32. The standard InChI is InChI=1S/C5H11IN2/c1-5(7)8-4-2-3-6/h8H,1-4,7H2. The van der Waals surface area contributed by atoms with Crippen molar-refractivity contribution in [3.63, 3.8) is 0 Å². The first-order valence-electron chi connectivity index (χ1n) is 2.51. The number of halogens is 1. The number of hydrogen-bond acceptors (Lipinski definition) is 2. The van der Waals surface area contributed by atoms with Crippen LogP contribution < -0.4 is 11.1 Å². The molecule has 0 unspecified atom stereocenters. The fraction of sp³-hybridized carbons (Fsp3) is 0.600. The van der Waals surface area contributed by atoms with E-state index in [1.807, 2.05) is 0 Å². The highest BCUT2D eigenvalue weighted by Gasteiger charge is 1.81. The maximum Gasteiger partial charge on any atom is 0.0885 e. The van der Waals surface area contributed by atoms with Gasteiger partial charge in [-0.1, -0.05) is 29.2 Å². The third-order valence-electron chi connectivity index (χ3n) is 0.662. The van der Waals surface area contributed by atoms with Crippen LogP contribution in [0.4, 0.5) is 0 Å². The molecule has 0 atom stereocenters. The molecule has 48 valence electrons. The summed E-state index contributed by atoms with van der Waals surface area (Å²) in [7, 11) is 0. The van der Waals surface area contributed by atoms with Gasteiger partial charge in [-0.05, 0) is 6.42 Å². The van der Waals surface area contributed by atoms with E-state index in [-0.39, 0.29) is 0 Å². The Balaban J connectivity index is 2.82. The molecule has 0 aliphatic rings. The first-order chi connectivity index (χ1) is 3.77. The average molecular weight is 226 g/mol. The van der Waals surface area contributed by atoms with Gasteiger partial charge >= 0.3 is 0 Å². The normalized spacial score (nSPS) is 8.62. The van der Waals surface area contributed by atoms with Crippen LogP contribution in [0.5, 0.6) is 0 Å². The summed E-state index contributed by atoms with van der Waals surface area (Å²) in [5.41, 5.74) is 5.23. The van der Waals surface area contributed by atoms with Crippen molar-refractivity contribution in [2.24, 2.45) is 5.73 Å². The molecule has 3 heteroatoms.